The Bertz CT molecular complexity index is 644. The summed E-state index contributed by atoms with van der Waals surface area (Å²) in [6.45, 7) is 1.53. The van der Waals surface area contributed by atoms with Gasteiger partial charge in [0, 0.05) is 12.2 Å². The number of benzene rings is 1. The van der Waals surface area contributed by atoms with Crippen molar-refractivity contribution in [2.75, 3.05) is 39.0 Å². The summed E-state index contributed by atoms with van der Waals surface area (Å²) in [5.41, 5.74) is 0.273. The van der Waals surface area contributed by atoms with Crippen LogP contribution in [0.25, 0.3) is 0 Å². The SMILES string of the molecule is CN(C)CCCNC1NC(NC(=O)Nc2ccc(OC(F)(F)F)cc2)NCC1F. The molecule has 12 heteroatoms. The number of carbonyl (C=O) groups excluding carboxylic acids is 1. The number of nitrogens with zero attached hydrogens (tertiary/aromatic N) is 1. The van der Waals surface area contributed by atoms with E-state index in [0.29, 0.717) is 6.54 Å². The van der Waals surface area contributed by atoms with Crippen molar-refractivity contribution in [1.82, 2.24) is 26.2 Å². The molecule has 0 spiro atoms. The summed E-state index contributed by atoms with van der Waals surface area (Å²) >= 11 is 0. The molecule has 0 aromatic heterocycles. The van der Waals surface area contributed by atoms with Crippen molar-refractivity contribution in [3.8, 4) is 5.75 Å². The van der Waals surface area contributed by atoms with Gasteiger partial charge in [0.25, 0.3) is 0 Å². The molecule has 0 radical (unpaired) electrons. The summed E-state index contributed by atoms with van der Waals surface area (Å²) in [6.07, 6.45) is -6.41. The second-order valence-electron chi connectivity index (χ2n) is 6.78. The van der Waals surface area contributed by atoms with Crippen LogP contribution in [-0.4, -0.2) is 69.7 Å². The fourth-order valence-electron chi connectivity index (χ4n) is 2.66. The maximum Gasteiger partial charge on any atom is 0.573 e. The number of ether oxygens (including phenoxy) is 1. The molecule has 3 unspecified atom stereocenters. The van der Waals surface area contributed by atoms with E-state index >= 15 is 0 Å². The number of alkyl halides is 4. The zero-order valence-corrected chi connectivity index (χ0v) is 16.1. The minimum atomic E-state index is -4.78. The highest BCUT2D eigenvalue weighted by atomic mass is 19.4. The number of urea groups is 1. The van der Waals surface area contributed by atoms with Crippen molar-refractivity contribution in [3.05, 3.63) is 24.3 Å². The van der Waals surface area contributed by atoms with E-state index in [9.17, 15) is 22.4 Å². The smallest absolute Gasteiger partial charge is 0.406 e. The molecule has 0 saturated carbocycles. The molecule has 5 N–H and O–H groups in total. The van der Waals surface area contributed by atoms with E-state index in [4.69, 9.17) is 0 Å². The number of hydrogen-bond donors (Lipinski definition) is 5. The Hall–Kier alpha value is -2.15. The van der Waals surface area contributed by atoms with Crippen LogP contribution < -0.4 is 31.3 Å². The fourth-order valence-corrected chi connectivity index (χ4v) is 2.66. The van der Waals surface area contributed by atoms with Gasteiger partial charge in [0.1, 0.15) is 18.2 Å². The minimum Gasteiger partial charge on any atom is -0.406 e. The number of nitrogens with one attached hydrogen (secondary N) is 5. The highest BCUT2D eigenvalue weighted by molar-refractivity contribution is 5.89. The van der Waals surface area contributed by atoms with E-state index in [1.54, 1.807) is 0 Å². The maximum atomic E-state index is 14.0. The summed E-state index contributed by atoms with van der Waals surface area (Å²) in [6, 6.07) is 4.11. The van der Waals surface area contributed by atoms with Gasteiger partial charge in [0.2, 0.25) is 0 Å². The van der Waals surface area contributed by atoms with Crippen LogP contribution in [0.4, 0.5) is 28.0 Å². The van der Waals surface area contributed by atoms with Gasteiger partial charge in [-0.3, -0.25) is 16.0 Å². The number of halogens is 4. The van der Waals surface area contributed by atoms with Gasteiger partial charge in [0.05, 0.1) is 6.17 Å². The first-order chi connectivity index (χ1) is 13.6. The second-order valence-corrected chi connectivity index (χ2v) is 6.78. The standard InChI is InChI=1S/C17H26F4N6O2/c1-27(2)9-3-8-22-14-13(18)10-23-15(25-14)26-16(28)24-11-4-6-12(7-5-11)29-17(19,20)21/h4-7,13-15,22-23,25H,3,8-10H2,1-2H3,(H2,24,26,28). The van der Waals surface area contributed by atoms with E-state index < -0.39 is 36.8 Å². The van der Waals surface area contributed by atoms with Crippen LogP contribution in [0.5, 0.6) is 5.75 Å². The Labute approximate surface area is 166 Å². The van der Waals surface area contributed by atoms with Crippen molar-refractivity contribution in [3.63, 3.8) is 0 Å². The van der Waals surface area contributed by atoms with Crippen LogP contribution in [0, 0.1) is 0 Å². The normalized spacial score (nSPS) is 22.4. The lowest BCUT2D eigenvalue weighted by Gasteiger charge is -2.35. The van der Waals surface area contributed by atoms with Gasteiger partial charge in [0.15, 0.2) is 0 Å². The molecule has 164 valence electrons. The number of amides is 2. The third-order valence-electron chi connectivity index (χ3n) is 3.99. The molecule has 1 heterocycles. The van der Waals surface area contributed by atoms with Gasteiger partial charge in [-0.25, -0.2) is 9.18 Å². The number of anilines is 1. The highest BCUT2D eigenvalue weighted by Crippen LogP contribution is 2.23. The molecule has 1 aromatic rings. The summed E-state index contributed by atoms with van der Waals surface area (Å²) in [4.78, 5) is 14.1. The molecule has 2 rings (SSSR count). The average Bonchev–Trinajstić information content (AvgIpc) is 2.61. The van der Waals surface area contributed by atoms with E-state index in [0.717, 1.165) is 25.1 Å². The molecule has 1 aliphatic heterocycles. The summed E-state index contributed by atoms with van der Waals surface area (Å²) in [5, 5.41) is 13.9. The molecular weight excluding hydrogens is 396 g/mol. The molecule has 1 fully saturated rings. The summed E-state index contributed by atoms with van der Waals surface area (Å²) in [5.74, 6) is -0.392. The summed E-state index contributed by atoms with van der Waals surface area (Å²) in [7, 11) is 3.91. The molecule has 3 atom stereocenters. The molecule has 1 saturated heterocycles. The molecule has 1 aliphatic rings. The van der Waals surface area contributed by atoms with E-state index in [1.165, 1.54) is 12.1 Å². The maximum absolute atomic E-state index is 14.0. The molecule has 0 bridgehead atoms. The van der Waals surface area contributed by atoms with Gasteiger partial charge in [-0.1, -0.05) is 0 Å². The van der Waals surface area contributed by atoms with Crippen molar-refractivity contribution in [1.29, 1.82) is 0 Å². The number of hydrogen-bond acceptors (Lipinski definition) is 6. The van der Waals surface area contributed by atoms with E-state index in [-0.39, 0.29) is 12.2 Å². The number of carbonyl (C=O) groups is 1. The summed E-state index contributed by atoms with van der Waals surface area (Å²) < 4.78 is 54.3. The minimum absolute atomic E-state index is 0.0484. The van der Waals surface area contributed by atoms with Gasteiger partial charge >= 0.3 is 12.4 Å². The Kier molecular flexibility index (Phi) is 8.44. The van der Waals surface area contributed by atoms with Crippen LogP contribution in [0.3, 0.4) is 0 Å². The molecule has 29 heavy (non-hydrogen) atoms. The third-order valence-corrected chi connectivity index (χ3v) is 3.99. The Morgan fingerprint density at radius 1 is 1.28 bits per heavy atom. The van der Waals surface area contributed by atoms with Crippen molar-refractivity contribution < 1.29 is 27.1 Å². The van der Waals surface area contributed by atoms with Gasteiger partial charge in [-0.05, 0) is 57.9 Å². The quantitative estimate of drug-likeness (QED) is 0.321. The topological polar surface area (TPSA) is 89.7 Å². The van der Waals surface area contributed by atoms with Gasteiger partial charge < -0.3 is 20.3 Å². The van der Waals surface area contributed by atoms with Crippen LogP contribution >= 0.6 is 0 Å². The first-order valence-corrected chi connectivity index (χ1v) is 9.07. The Balaban J connectivity index is 1.77. The zero-order chi connectivity index (χ0) is 21.4. The lowest BCUT2D eigenvalue weighted by atomic mass is 10.2. The van der Waals surface area contributed by atoms with E-state index in [2.05, 4.69) is 31.3 Å². The van der Waals surface area contributed by atoms with Crippen LogP contribution in [0.1, 0.15) is 6.42 Å². The van der Waals surface area contributed by atoms with Crippen molar-refractivity contribution >= 4 is 11.7 Å². The highest BCUT2D eigenvalue weighted by Gasteiger charge is 2.31. The first-order valence-electron chi connectivity index (χ1n) is 9.07. The van der Waals surface area contributed by atoms with Crippen molar-refractivity contribution in [2.24, 2.45) is 0 Å². The van der Waals surface area contributed by atoms with Gasteiger partial charge in [-0.2, -0.15) is 0 Å². The average molecular weight is 422 g/mol. The first kappa shape index (κ1) is 23.1. The molecule has 1 aromatic carbocycles. The van der Waals surface area contributed by atoms with Crippen LogP contribution in [0.15, 0.2) is 24.3 Å². The molecule has 0 aliphatic carbocycles. The fraction of sp³-hybridized carbons (Fsp3) is 0.588. The Morgan fingerprint density at radius 2 is 1.97 bits per heavy atom. The van der Waals surface area contributed by atoms with Gasteiger partial charge in [-0.15, -0.1) is 13.2 Å². The lowest BCUT2D eigenvalue weighted by molar-refractivity contribution is -0.274. The monoisotopic (exact) mass is 422 g/mol. The predicted octanol–water partition coefficient (Wildman–Crippen LogP) is 1.39. The molecule has 2 amide bonds. The van der Waals surface area contributed by atoms with Crippen LogP contribution in [0.2, 0.25) is 0 Å². The zero-order valence-electron chi connectivity index (χ0n) is 16.1. The predicted molar refractivity (Wildman–Crippen MR) is 100 cm³/mol. The second kappa shape index (κ2) is 10.6. The largest absolute Gasteiger partial charge is 0.573 e. The lowest BCUT2D eigenvalue weighted by Crippen LogP contribution is -2.69. The molecule has 8 nitrogen and oxygen atoms in total. The van der Waals surface area contributed by atoms with Crippen LogP contribution in [-0.2, 0) is 0 Å². The third kappa shape index (κ3) is 8.81. The Morgan fingerprint density at radius 3 is 2.59 bits per heavy atom. The van der Waals surface area contributed by atoms with Crippen molar-refractivity contribution in [2.45, 2.75) is 31.4 Å². The van der Waals surface area contributed by atoms with E-state index in [1.807, 2.05) is 19.0 Å². The molecular formula is C17H26F4N6O2. The number of rotatable bonds is 8.